The standard InChI is InChI=1S/C35H38ClN3O5S/c1-3-4-23-37-35(41)32(24-27-15-7-5-8-16-27)38(25-28-17-11-12-20-30(28)36)34(40)26-39(31-21-13-14-22-33(31)44-2)45(42,43)29-18-9-6-10-19-29/h5-22,32H,3-4,23-26H2,1-2H3,(H,37,41)/t32-/m0/s1. The number of ether oxygens (including phenoxy) is 1. The lowest BCUT2D eigenvalue weighted by atomic mass is 10.0. The van der Waals surface area contributed by atoms with E-state index in [1.54, 1.807) is 66.7 Å². The normalized spacial score (nSPS) is 11.8. The molecule has 0 radical (unpaired) electrons. The molecular formula is C35H38ClN3O5S. The molecule has 1 N–H and O–H groups in total. The Kier molecular flexibility index (Phi) is 12.0. The molecule has 0 aliphatic heterocycles. The number of rotatable bonds is 15. The molecular weight excluding hydrogens is 610 g/mol. The zero-order chi connectivity index (χ0) is 32.2. The summed E-state index contributed by atoms with van der Waals surface area (Å²) in [4.78, 5) is 29.8. The van der Waals surface area contributed by atoms with Gasteiger partial charge in [0.15, 0.2) is 0 Å². The Morgan fingerprint density at radius 3 is 2.16 bits per heavy atom. The number of para-hydroxylation sites is 2. The number of carbonyl (C=O) groups is 2. The second-order valence-electron chi connectivity index (χ2n) is 10.5. The summed E-state index contributed by atoms with van der Waals surface area (Å²) in [5, 5.41) is 3.41. The zero-order valence-electron chi connectivity index (χ0n) is 25.4. The maximum atomic E-state index is 14.5. The Morgan fingerprint density at radius 1 is 0.867 bits per heavy atom. The molecule has 0 spiro atoms. The summed E-state index contributed by atoms with van der Waals surface area (Å²) < 4.78 is 34.8. The number of nitrogens with zero attached hydrogens (tertiary/aromatic N) is 2. The third-order valence-corrected chi connectivity index (χ3v) is 9.51. The fourth-order valence-corrected chi connectivity index (χ4v) is 6.58. The zero-order valence-corrected chi connectivity index (χ0v) is 27.0. The van der Waals surface area contributed by atoms with Crippen molar-refractivity contribution < 1.29 is 22.7 Å². The minimum atomic E-state index is -4.24. The Balaban J connectivity index is 1.82. The van der Waals surface area contributed by atoms with E-state index in [0.29, 0.717) is 17.1 Å². The minimum absolute atomic E-state index is 0.0116. The van der Waals surface area contributed by atoms with Crippen LogP contribution in [0.4, 0.5) is 5.69 Å². The molecule has 2 amide bonds. The highest BCUT2D eigenvalue weighted by atomic mass is 35.5. The summed E-state index contributed by atoms with van der Waals surface area (Å²) in [6, 6.07) is 30.1. The van der Waals surface area contributed by atoms with Crippen molar-refractivity contribution in [2.75, 3.05) is 24.5 Å². The smallest absolute Gasteiger partial charge is 0.264 e. The van der Waals surface area contributed by atoms with Crippen molar-refractivity contribution in [3.63, 3.8) is 0 Å². The summed E-state index contributed by atoms with van der Waals surface area (Å²) in [6.07, 6.45) is 1.88. The lowest BCUT2D eigenvalue weighted by Gasteiger charge is -2.34. The summed E-state index contributed by atoms with van der Waals surface area (Å²) in [6.45, 7) is 1.88. The first-order chi connectivity index (χ1) is 21.8. The van der Waals surface area contributed by atoms with Crippen LogP contribution in [0, 0.1) is 0 Å². The Morgan fingerprint density at radius 2 is 1.49 bits per heavy atom. The molecule has 10 heteroatoms. The van der Waals surface area contributed by atoms with Gasteiger partial charge < -0.3 is 15.0 Å². The maximum absolute atomic E-state index is 14.5. The van der Waals surface area contributed by atoms with Crippen molar-refractivity contribution >= 4 is 39.1 Å². The van der Waals surface area contributed by atoms with Crippen molar-refractivity contribution in [2.45, 2.75) is 43.7 Å². The van der Waals surface area contributed by atoms with Gasteiger partial charge in [-0.05, 0) is 47.9 Å². The van der Waals surface area contributed by atoms with Crippen molar-refractivity contribution in [1.82, 2.24) is 10.2 Å². The predicted octanol–water partition coefficient (Wildman–Crippen LogP) is 6.10. The van der Waals surface area contributed by atoms with Crippen LogP contribution >= 0.6 is 11.6 Å². The van der Waals surface area contributed by atoms with Crippen molar-refractivity contribution in [3.8, 4) is 5.75 Å². The number of hydrogen-bond acceptors (Lipinski definition) is 5. The topological polar surface area (TPSA) is 96.0 Å². The minimum Gasteiger partial charge on any atom is -0.495 e. The van der Waals surface area contributed by atoms with Crippen LogP contribution in [0.1, 0.15) is 30.9 Å². The van der Waals surface area contributed by atoms with E-state index >= 15 is 0 Å². The highest BCUT2D eigenvalue weighted by Crippen LogP contribution is 2.33. The number of carbonyl (C=O) groups excluding carboxylic acids is 2. The van der Waals surface area contributed by atoms with Gasteiger partial charge in [-0.3, -0.25) is 13.9 Å². The molecule has 0 saturated carbocycles. The molecule has 4 rings (SSSR count). The molecule has 0 heterocycles. The lowest BCUT2D eigenvalue weighted by Crippen LogP contribution is -2.53. The molecule has 0 aliphatic rings. The Labute approximate surface area is 270 Å². The fourth-order valence-electron chi connectivity index (χ4n) is 4.94. The molecule has 0 saturated heterocycles. The highest BCUT2D eigenvalue weighted by molar-refractivity contribution is 7.92. The quantitative estimate of drug-likeness (QED) is 0.157. The number of hydrogen-bond donors (Lipinski definition) is 1. The van der Waals surface area contributed by atoms with Gasteiger partial charge in [-0.25, -0.2) is 8.42 Å². The predicted molar refractivity (Wildman–Crippen MR) is 178 cm³/mol. The first-order valence-corrected chi connectivity index (χ1v) is 16.6. The van der Waals surface area contributed by atoms with E-state index in [1.165, 1.54) is 24.1 Å². The number of methoxy groups -OCH3 is 1. The van der Waals surface area contributed by atoms with Gasteiger partial charge in [0.2, 0.25) is 11.8 Å². The molecule has 0 aliphatic carbocycles. The van der Waals surface area contributed by atoms with Gasteiger partial charge in [0, 0.05) is 24.5 Å². The van der Waals surface area contributed by atoms with Gasteiger partial charge >= 0.3 is 0 Å². The molecule has 236 valence electrons. The van der Waals surface area contributed by atoms with Gasteiger partial charge in [-0.15, -0.1) is 0 Å². The van der Waals surface area contributed by atoms with Crippen LogP contribution in [0.3, 0.4) is 0 Å². The highest BCUT2D eigenvalue weighted by Gasteiger charge is 2.35. The molecule has 0 fully saturated rings. The third-order valence-electron chi connectivity index (χ3n) is 7.36. The summed E-state index contributed by atoms with van der Waals surface area (Å²) in [5.41, 5.74) is 1.67. The van der Waals surface area contributed by atoms with E-state index in [-0.39, 0.29) is 35.2 Å². The van der Waals surface area contributed by atoms with Gasteiger partial charge in [-0.1, -0.05) is 104 Å². The van der Waals surface area contributed by atoms with Crippen LogP contribution in [0.25, 0.3) is 0 Å². The molecule has 0 bridgehead atoms. The van der Waals surface area contributed by atoms with Crippen molar-refractivity contribution in [3.05, 3.63) is 125 Å². The van der Waals surface area contributed by atoms with E-state index < -0.39 is 28.5 Å². The second kappa shape index (κ2) is 16.1. The Hall–Kier alpha value is -4.34. The number of nitrogens with one attached hydrogen (secondary N) is 1. The summed E-state index contributed by atoms with van der Waals surface area (Å²) in [7, 11) is -2.80. The van der Waals surface area contributed by atoms with Crippen LogP contribution < -0.4 is 14.4 Å². The first-order valence-electron chi connectivity index (χ1n) is 14.8. The molecule has 4 aromatic rings. The molecule has 8 nitrogen and oxygen atoms in total. The second-order valence-corrected chi connectivity index (χ2v) is 12.7. The van der Waals surface area contributed by atoms with Crippen molar-refractivity contribution in [1.29, 1.82) is 0 Å². The number of unbranched alkanes of at least 4 members (excludes halogenated alkanes) is 1. The van der Waals surface area contributed by atoms with Crippen LogP contribution in [0.5, 0.6) is 5.75 Å². The third kappa shape index (κ3) is 8.65. The monoisotopic (exact) mass is 647 g/mol. The first kappa shape index (κ1) is 33.6. The van der Waals surface area contributed by atoms with Crippen LogP contribution in [-0.2, 0) is 32.6 Å². The van der Waals surface area contributed by atoms with Crippen molar-refractivity contribution in [2.24, 2.45) is 0 Å². The van der Waals surface area contributed by atoms with E-state index in [0.717, 1.165) is 22.7 Å². The number of benzene rings is 4. The fraction of sp³-hybridized carbons (Fsp3) is 0.257. The number of amides is 2. The maximum Gasteiger partial charge on any atom is 0.264 e. The van der Waals surface area contributed by atoms with Gasteiger partial charge in [0.25, 0.3) is 10.0 Å². The van der Waals surface area contributed by atoms with E-state index in [9.17, 15) is 18.0 Å². The molecule has 0 unspecified atom stereocenters. The molecule has 1 atom stereocenters. The van der Waals surface area contributed by atoms with E-state index in [4.69, 9.17) is 16.3 Å². The van der Waals surface area contributed by atoms with Gasteiger partial charge in [-0.2, -0.15) is 0 Å². The number of sulfonamides is 1. The number of halogens is 1. The SMILES string of the molecule is CCCCNC(=O)[C@H](Cc1ccccc1)N(Cc1ccccc1Cl)C(=O)CN(c1ccccc1OC)S(=O)(=O)c1ccccc1. The van der Waals surface area contributed by atoms with Gasteiger partial charge in [0.1, 0.15) is 18.3 Å². The van der Waals surface area contributed by atoms with Gasteiger partial charge in [0.05, 0.1) is 17.7 Å². The van der Waals surface area contributed by atoms with E-state index in [1.807, 2.05) is 37.3 Å². The average Bonchev–Trinajstić information content (AvgIpc) is 3.06. The van der Waals surface area contributed by atoms with Crippen LogP contribution in [0.15, 0.2) is 114 Å². The Bertz CT molecular complexity index is 1670. The molecule has 45 heavy (non-hydrogen) atoms. The molecule has 4 aromatic carbocycles. The summed E-state index contributed by atoms with van der Waals surface area (Å²) >= 11 is 6.55. The van der Waals surface area contributed by atoms with Crippen LogP contribution in [-0.4, -0.2) is 51.4 Å². The van der Waals surface area contributed by atoms with Crippen LogP contribution in [0.2, 0.25) is 5.02 Å². The molecule has 0 aromatic heterocycles. The average molecular weight is 648 g/mol. The lowest BCUT2D eigenvalue weighted by molar-refractivity contribution is -0.140. The number of anilines is 1. The summed E-state index contributed by atoms with van der Waals surface area (Å²) in [5.74, 6) is -0.630. The largest absolute Gasteiger partial charge is 0.495 e. The van der Waals surface area contributed by atoms with E-state index in [2.05, 4.69) is 5.32 Å².